The molecule has 208 valence electrons. The lowest BCUT2D eigenvalue weighted by molar-refractivity contribution is -0.143. The number of ether oxygens (including phenoxy) is 1. The average Bonchev–Trinajstić information content (AvgIpc) is 3.52. The molecule has 2 heterocycles. The van der Waals surface area contributed by atoms with E-state index in [0.717, 1.165) is 0 Å². The molecule has 2 aliphatic rings. The topological polar surface area (TPSA) is 166 Å². The van der Waals surface area contributed by atoms with E-state index in [1.54, 1.807) is 32.9 Å². The number of aromatic hydroxyl groups is 1. The van der Waals surface area contributed by atoms with Crippen molar-refractivity contribution in [3.63, 3.8) is 0 Å². The third-order valence-corrected chi connectivity index (χ3v) is 6.44. The molecule has 12 heteroatoms. The standard InChI is InChI=1S/C26H36N4O8/c1-26(2,3)38-25(37)30-13-5-7-20(30)23(34)29-12-4-6-19(29)22(33)27-15-21(32)28-18(24(35)36)14-16-8-10-17(31)11-9-16/h8-11,18-20,31H,4-7,12-15H2,1-3H3,(H,27,33)(H,28,32)(H,35,36). The third-order valence-electron chi connectivity index (χ3n) is 6.44. The number of carbonyl (C=O) groups excluding carboxylic acids is 4. The Balaban J connectivity index is 1.55. The number of carbonyl (C=O) groups is 5. The van der Waals surface area contributed by atoms with E-state index >= 15 is 0 Å². The molecule has 3 unspecified atom stereocenters. The molecular weight excluding hydrogens is 496 g/mol. The third kappa shape index (κ3) is 7.59. The number of nitrogens with one attached hydrogen (secondary N) is 2. The molecule has 0 spiro atoms. The zero-order valence-electron chi connectivity index (χ0n) is 21.9. The fourth-order valence-corrected chi connectivity index (χ4v) is 4.66. The molecule has 1 aromatic carbocycles. The normalized spacial score (nSPS) is 20.1. The summed E-state index contributed by atoms with van der Waals surface area (Å²) in [4.78, 5) is 65.7. The quantitative estimate of drug-likeness (QED) is 0.385. The number of rotatable bonds is 8. The van der Waals surface area contributed by atoms with Crippen LogP contribution in [-0.4, -0.2) is 93.2 Å². The van der Waals surface area contributed by atoms with Gasteiger partial charge in [-0.15, -0.1) is 0 Å². The van der Waals surface area contributed by atoms with Crippen LogP contribution in [0.3, 0.4) is 0 Å². The van der Waals surface area contributed by atoms with Crippen molar-refractivity contribution < 1.29 is 38.9 Å². The minimum atomic E-state index is -1.24. The predicted octanol–water partition coefficient (Wildman–Crippen LogP) is 1.01. The summed E-state index contributed by atoms with van der Waals surface area (Å²) < 4.78 is 5.43. The van der Waals surface area contributed by atoms with Gasteiger partial charge in [0.25, 0.3) is 0 Å². The molecule has 0 aliphatic carbocycles. The molecule has 1 aromatic rings. The number of hydrogen-bond acceptors (Lipinski definition) is 7. The molecule has 0 bridgehead atoms. The minimum Gasteiger partial charge on any atom is -0.508 e. The van der Waals surface area contributed by atoms with Gasteiger partial charge in [0.1, 0.15) is 29.5 Å². The van der Waals surface area contributed by atoms with E-state index in [-0.39, 0.29) is 18.1 Å². The molecule has 38 heavy (non-hydrogen) atoms. The second-order valence-corrected chi connectivity index (χ2v) is 10.6. The Kier molecular flexibility index (Phi) is 9.18. The summed E-state index contributed by atoms with van der Waals surface area (Å²) >= 11 is 0. The number of phenolic OH excluding ortho intramolecular Hbond substituents is 1. The first-order chi connectivity index (χ1) is 17.9. The van der Waals surface area contributed by atoms with Gasteiger partial charge in [0.2, 0.25) is 17.7 Å². The van der Waals surface area contributed by atoms with Gasteiger partial charge in [-0.05, 0) is 64.2 Å². The highest BCUT2D eigenvalue weighted by molar-refractivity contribution is 5.94. The molecule has 0 saturated carbocycles. The zero-order chi connectivity index (χ0) is 28.0. The van der Waals surface area contributed by atoms with E-state index in [4.69, 9.17) is 4.74 Å². The fourth-order valence-electron chi connectivity index (χ4n) is 4.66. The number of likely N-dealkylation sites (tertiary alicyclic amines) is 2. The molecule has 4 amide bonds. The van der Waals surface area contributed by atoms with Gasteiger partial charge in [-0.2, -0.15) is 0 Å². The Morgan fingerprint density at radius 3 is 2.21 bits per heavy atom. The van der Waals surface area contributed by atoms with E-state index in [1.165, 1.54) is 21.9 Å². The van der Waals surface area contributed by atoms with Crippen LogP contribution in [0.15, 0.2) is 24.3 Å². The van der Waals surface area contributed by atoms with Crippen molar-refractivity contribution in [3.8, 4) is 5.75 Å². The number of aliphatic carboxylic acids is 1. The maximum absolute atomic E-state index is 13.3. The SMILES string of the molecule is CC(C)(C)OC(=O)N1CCCC1C(=O)N1CCCC1C(=O)NCC(=O)NC(Cc1ccc(O)cc1)C(=O)O. The molecular formula is C26H36N4O8. The number of carboxylic acid groups (broad SMARTS) is 1. The molecule has 3 rings (SSSR count). The van der Waals surface area contributed by atoms with Gasteiger partial charge < -0.3 is 30.5 Å². The molecule has 2 aliphatic heterocycles. The smallest absolute Gasteiger partial charge is 0.410 e. The number of phenols is 1. The van der Waals surface area contributed by atoms with Crippen molar-refractivity contribution in [2.24, 2.45) is 0 Å². The fraction of sp³-hybridized carbons (Fsp3) is 0.577. The Bertz CT molecular complexity index is 1050. The van der Waals surface area contributed by atoms with Gasteiger partial charge in [0, 0.05) is 19.5 Å². The first kappa shape index (κ1) is 28.7. The molecule has 3 atom stereocenters. The number of carboxylic acids is 1. The molecule has 12 nitrogen and oxygen atoms in total. The van der Waals surface area contributed by atoms with Crippen LogP contribution in [0.1, 0.15) is 52.0 Å². The van der Waals surface area contributed by atoms with Crippen LogP contribution in [0.25, 0.3) is 0 Å². The van der Waals surface area contributed by atoms with Crippen molar-refractivity contribution in [1.82, 2.24) is 20.4 Å². The first-order valence-corrected chi connectivity index (χ1v) is 12.7. The van der Waals surface area contributed by atoms with Crippen molar-refractivity contribution in [1.29, 1.82) is 0 Å². The lowest BCUT2D eigenvalue weighted by atomic mass is 10.1. The highest BCUT2D eigenvalue weighted by atomic mass is 16.6. The van der Waals surface area contributed by atoms with Crippen LogP contribution in [0.2, 0.25) is 0 Å². The molecule has 0 aromatic heterocycles. The van der Waals surface area contributed by atoms with Gasteiger partial charge in [-0.25, -0.2) is 9.59 Å². The largest absolute Gasteiger partial charge is 0.508 e. The van der Waals surface area contributed by atoms with Crippen molar-refractivity contribution in [2.45, 2.75) is 76.6 Å². The molecule has 0 radical (unpaired) electrons. The lowest BCUT2D eigenvalue weighted by Crippen LogP contribution is -2.54. The minimum absolute atomic E-state index is 0.00423. The molecule has 2 saturated heterocycles. The van der Waals surface area contributed by atoms with Gasteiger partial charge in [-0.1, -0.05) is 12.1 Å². The van der Waals surface area contributed by atoms with E-state index in [2.05, 4.69) is 10.6 Å². The van der Waals surface area contributed by atoms with Crippen LogP contribution in [-0.2, 0) is 30.3 Å². The summed E-state index contributed by atoms with van der Waals surface area (Å²) in [5.74, 6) is -2.73. The monoisotopic (exact) mass is 532 g/mol. The van der Waals surface area contributed by atoms with Crippen LogP contribution < -0.4 is 10.6 Å². The summed E-state index contributed by atoms with van der Waals surface area (Å²) in [5.41, 5.74) is -0.0971. The molecule has 4 N–H and O–H groups in total. The number of hydrogen-bond donors (Lipinski definition) is 4. The number of amides is 4. The summed E-state index contributed by atoms with van der Waals surface area (Å²) in [6.07, 6.45) is 1.57. The van der Waals surface area contributed by atoms with Crippen molar-refractivity contribution in [2.75, 3.05) is 19.6 Å². The maximum Gasteiger partial charge on any atom is 0.410 e. The van der Waals surface area contributed by atoms with E-state index < -0.39 is 54.1 Å². The second-order valence-electron chi connectivity index (χ2n) is 10.6. The Morgan fingerprint density at radius 1 is 1.00 bits per heavy atom. The highest BCUT2D eigenvalue weighted by Crippen LogP contribution is 2.26. The van der Waals surface area contributed by atoms with Gasteiger partial charge in [0.05, 0.1) is 6.54 Å². The van der Waals surface area contributed by atoms with Crippen molar-refractivity contribution in [3.05, 3.63) is 29.8 Å². The summed E-state index contributed by atoms with van der Waals surface area (Å²) in [6, 6.07) is 3.22. The van der Waals surface area contributed by atoms with Crippen molar-refractivity contribution >= 4 is 29.8 Å². The van der Waals surface area contributed by atoms with E-state index in [0.29, 0.717) is 44.3 Å². The summed E-state index contributed by atoms with van der Waals surface area (Å²) in [5, 5.41) is 23.7. The van der Waals surface area contributed by atoms with Crippen LogP contribution in [0, 0.1) is 0 Å². The highest BCUT2D eigenvalue weighted by Gasteiger charge is 2.43. The summed E-state index contributed by atoms with van der Waals surface area (Å²) in [7, 11) is 0. The molecule has 2 fully saturated rings. The average molecular weight is 533 g/mol. The van der Waals surface area contributed by atoms with Gasteiger partial charge in [-0.3, -0.25) is 19.3 Å². The van der Waals surface area contributed by atoms with E-state index in [1.807, 2.05) is 0 Å². The van der Waals surface area contributed by atoms with Crippen LogP contribution >= 0.6 is 0 Å². The lowest BCUT2D eigenvalue weighted by Gasteiger charge is -2.32. The predicted molar refractivity (Wildman–Crippen MR) is 135 cm³/mol. The van der Waals surface area contributed by atoms with Crippen LogP contribution in [0.4, 0.5) is 4.79 Å². The van der Waals surface area contributed by atoms with Gasteiger partial charge in [0.15, 0.2) is 0 Å². The zero-order valence-corrected chi connectivity index (χ0v) is 21.9. The van der Waals surface area contributed by atoms with Crippen LogP contribution in [0.5, 0.6) is 5.75 Å². The number of benzene rings is 1. The first-order valence-electron chi connectivity index (χ1n) is 12.7. The maximum atomic E-state index is 13.3. The van der Waals surface area contributed by atoms with Gasteiger partial charge >= 0.3 is 12.1 Å². The Labute approximate surface area is 221 Å². The Hall–Kier alpha value is -3.83. The summed E-state index contributed by atoms with van der Waals surface area (Å²) in [6.45, 7) is 5.55. The second kappa shape index (κ2) is 12.1. The number of nitrogens with zero attached hydrogens (tertiary/aromatic N) is 2. The Morgan fingerprint density at radius 2 is 1.61 bits per heavy atom. The van der Waals surface area contributed by atoms with E-state index in [9.17, 15) is 34.2 Å².